The second-order valence-corrected chi connectivity index (χ2v) is 11.4. The van der Waals surface area contributed by atoms with Gasteiger partial charge in [0.05, 0.1) is 4.90 Å². The molecule has 1 N–H and O–H groups in total. The summed E-state index contributed by atoms with van der Waals surface area (Å²) >= 11 is 23.8. The summed E-state index contributed by atoms with van der Waals surface area (Å²) in [5, 5.41) is 0.912. The monoisotopic (exact) mass is 612 g/mol. The van der Waals surface area contributed by atoms with Crippen molar-refractivity contribution in [1.82, 2.24) is 9.71 Å². The number of pyridine rings is 1. The van der Waals surface area contributed by atoms with Gasteiger partial charge in [0.15, 0.2) is 0 Å². The number of amides is 1. The standard InChI is InChI=1S/C26H17Cl4FN2O4S/c27-17-6-7-25(37-14-15-4-5-18(28)13-23(15)31)16(8-17)9-21-2-1-3-24(32-21)26(34)33-38(35,36)22-11-19(29)10-20(30)12-22/h1-8,10-13H,9,14H2,(H,33,34). The molecule has 0 spiro atoms. The predicted octanol–water partition coefficient (Wildman–Crippen LogP) is 7.12. The fraction of sp³-hybridized carbons (Fsp3) is 0.0769. The minimum Gasteiger partial charge on any atom is -0.489 e. The number of hydrogen-bond acceptors (Lipinski definition) is 5. The second kappa shape index (κ2) is 11.9. The molecule has 6 nitrogen and oxygen atoms in total. The number of ether oxygens (including phenoxy) is 1. The van der Waals surface area contributed by atoms with Gasteiger partial charge in [-0.2, -0.15) is 0 Å². The zero-order valence-electron chi connectivity index (χ0n) is 19.2. The molecule has 1 heterocycles. The van der Waals surface area contributed by atoms with Crippen molar-refractivity contribution in [3.05, 3.63) is 121 Å². The Bertz CT molecular complexity index is 1610. The van der Waals surface area contributed by atoms with Crippen LogP contribution in [0.25, 0.3) is 0 Å². The Hall–Kier alpha value is -2.88. The smallest absolute Gasteiger partial charge is 0.283 e. The number of aromatic nitrogens is 1. The molecule has 4 rings (SSSR count). The maximum Gasteiger partial charge on any atom is 0.283 e. The van der Waals surface area contributed by atoms with E-state index in [4.69, 9.17) is 51.1 Å². The van der Waals surface area contributed by atoms with E-state index in [-0.39, 0.29) is 38.7 Å². The SMILES string of the molecule is O=C(NS(=O)(=O)c1cc(Cl)cc(Cl)c1)c1cccc(Cc2cc(Cl)ccc2OCc2ccc(Cl)cc2F)n1. The maximum atomic E-state index is 14.2. The Morgan fingerprint density at radius 2 is 1.53 bits per heavy atom. The summed E-state index contributed by atoms with van der Waals surface area (Å²) in [6.45, 7) is -0.0567. The zero-order valence-corrected chi connectivity index (χ0v) is 23.1. The number of nitrogens with one attached hydrogen (secondary N) is 1. The Kier molecular flexibility index (Phi) is 8.80. The highest BCUT2D eigenvalue weighted by Crippen LogP contribution is 2.27. The molecule has 0 saturated heterocycles. The van der Waals surface area contributed by atoms with E-state index in [0.717, 1.165) is 0 Å². The van der Waals surface area contributed by atoms with Gasteiger partial charge in [-0.1, -0.05) is 58.5 Å². The number of halogens is 5. The average molecular weight is 614 g/mol. The van der Waals surface area contributed by atoms with Gasteiger partial charge >= 0.3 is 0 Å². The summed E-state index contributed by atoms with van der Waals surface area (Å²) in [7, 11) is -4.26. The summed E-state index contributed by atoms with van der Waals surface area (Å²) in [6.07, 6.45) is 0.191. The number of carbonyl (C=O) groups is 1. The van der Waals surface area contributed by atoms with Crippen molar-refractivity contribution in [3.63, 3.8) is 0 Å². The molecule has 38 heavy (non-hydrogen) atoms. The fourth-order valence-corrected chi connectivity index (χ4v) is 5.48. The van der Waals surface area contributed by atoms with Gasteiger partial charge in [0, 0.05) is 43.3 Å². The Balaban J connectivity index is 1.52. The summed E-state index contributed by atoms with van der Waals surface area (Å²) in [5.41, 5.74) is 1.24. The number of rotatable bonds is 8. The van der Waals surface area contributed by atoms with Gasteiger partial charge in [0.25, 0.3) is 15.9 Å². The van der Waals surface area contributed by atoms with Crippen molar-refractivity contribution in [2.75, 3.05) is 0 Å². The highest BCUT2D eigenvalue weighted by atomic mass is 35.5. The molecule has 196 valence electrons. The Morgan fingerprint density at radius 1 is 0.842 bits per heavy atom. The van der Waals surface area contributed by atoms with E-state index >= 15 is 0 Å². The van der Waals surface area contributed by atoms with Gasteiger partial charge in [-0.15, -0.1) is 0 Å². The first-order valence-electron chi connectivity index (χ1n) is 10.8. The third-order valence-corrected chi connectivity index (χ3v) is 7.42. The first-order chi connectivity index (χ1) is 18.0. The van der Waals surface area contributed by atoms with Crippen molar-refractivity contribution < 1.29 is 22.3 Å². The van der Waals surface area contributed by atoms with Crippen LogP contribution in [0.1, 0.15) is 27.3 Å². The molecule has 0 aliphatic heterocycles. The van der Waals surface area contributed by atoms with Crippen LogP contribution in [-0.2, 0) is 23.1 Å². The minimum atomic E-state index is -4.26. The van der Waals surface area contributed by atoms with Gasteiger partial charge in [-0.3, -0.25) is 4.79 Å². The lowest BCUT2D eigenvalue weighted by Gasteiger charge is -2.13. The number of carbonyl (C=O) groups excluding carboxylic acids is 1. The quantitative estimate of drug-likeness (QED) is 0.229. The van der Waals surface area contributed by atoms with Crippen LogP contribution in [0.2, 0.25) is 20.1 Å². The van der Waals surface area contributed by atoms with Crippen molar-refractivity contribution in [3.8, 4) is 5.75 Å². The van der Waals surface area contributed by atoms with E-state index in [1.807, 2.05) is 4.72 Å². The van der Waals surface area contributed by atoms with Crippen LogP contribution in [0, 0.1) is 5.82 Å². The summed E-state index contributed by atoms with van der Waals surface area (Å²) in [4.78, 5) is 16.8. The third-order valence-electron chi connectivity index (χ3n) is 5.21. The summed E-state index contributed by atoms with van der Waals surface area (Å²) in [6, 6.07) is 17.5. The lowest BCUT2D eigenvalue weighted by Crippen LogP contribution is -2.31. The molecule has 3 aromatic carbocycles. The van der Waals surface area contributed by atoms with Gasteiger partial charge < -0.3 is 4.74 Å². The van der Waals surface area contributed by atoms with Crippen LogP contribution in [0.15, 0.2) is 77.7 Å². The van der Waals surface area contributed by atoms with Crippen LogP contribution in [-0.4, -0.2) is 19.3 Å². The van der Waals surface area contributed by atoms with Gasteiger partial charge in [-0.25, -0.2) is 22.5 Å². The Morgan fingerprint density at radius 3 is 2.24 bits per heavy atom. The third kappa shape index (κ3) is 7.15. The van der Waals surface area contributed by atoms with Crippen molar-refractivity contribution in [1.29, 1.82) is 0 Å². The molecule has 0 radical (unpaired) electrons. The molecule has 0 aliphatic carbocycles. The molecule has 0 fully saturated rings. The average Bonchev–Trinajstić information content (AvgIpc) is 2.84. The summed E-state index contributed by atoms with van der Waals surface area (Å²) in [5.74, 6) is -1.01. The fourth-order valence-electron chi connectivity index (χ4n) is 3.44. The number of hydrogen-bond donors (Lipinski definition) is 1. The molecule has 0 bridgehead atoms. The van der Waals surface area contributed by atoms with Crippen LogP contribution >= 0.6 is 46.4 Å². The maximum absolute atomic E-state index is 14.2. The van der Waals surface area contributed by atoms with Gasteiger partial charge in [-0.05, 0) is 60.7 Å². The number of nitrogens with zero attached hydrogens (tertiary/aromatic N) is 1. The number of sulfonamides is 1. The molecule has 1 aromatic heterocycles. The molecule has 0 saturated carbocycles. The van der Waals surface area contributed by atoms with E-state index < -0.39 is 21.7 Å². The molecule has 0 aliphatic rings. The molecular weight excluding hydrogens is 597 g/mol. The highest BCUT2D eigenvalue weighted by molar-refractivity contribution is 7.90. The van der Waals surface area contributed by atoms with E-state index in [2.05, 4.69) is 4.98 Å². The van der Waals surface area contributed by atoms with Crippen LogP contribution < -0.4 is 9.46 Å². The van der Waals surface area contributed by atoms with Crippen LogP contribution in [0.3, 0.4) is 0 Å². The highest BCUT2D eigenvalue weighted by Gasteiger charge is 2.21. The lowest BCUT2D eigenvalue weighted by molar-refractivity contribution is 0.0976. The van der Waals surface area contributed by atoms with E-state index in [9.17, 15) is 17.6 Å². The topological polar surface area (TPSA) is 85.4 Å². The first-order valence-corrected chi connectivity index (χ1v) is 13.8. The van der Waals surface area contributed by atoms with E-state index in [0.29, 0.717) is 27.6 Å². The zero-order chi connectivity index (χ0) is 27.4. The largest absolute Gasteiger partial charge is 0.489 e. The molecule has 4 aromatic rings. The molecule has 1 amide bonds. The van der Waals surface area contributed by atoms with E-state index in [1.165, 1.54) is 36.4 Å². The lowest BCUT2D eigenvalue weighted by atomic mass is 10.1. The minimum absolute atomic E-state index is 0.0567. The normalized spacial score (nSPS) is 11.3. The van der Waals surface area contributed by atoms with Crippen molar-refractivity contribution in [2.45, 2.75) is 17.9 Å². The van der Waals surface area contributed by atoms with Crippen LogP contribution in [0.4, 0.5) is 4.39 Å². The molecule has 0 unspecified atom stereocenters. The van der Waals surface area contributed by atoms with Crippen LogP contribution in [0.5, 0.6) is 5.75 Å². The molecule has 0 atom stereocenters. The summed E-state index contributed by atoms with van der Waals surface area (Å²) < 4.78 is 47.3. The molecule has 12 heteroatoms. The Labute approximate surface area is 238 Å². The van der Waals surface area contributed by atoms with Crippen molar-refractivity contribution in [2.24, 2.45) is 0 Å². The van der Waals surface area contributed by atoms with Crippen molar-refractivity contribution >= 4 is 62.3 Å². The molecular formula is C26H17Cl4FN2O4S. The van der Waals surface area contributed by atoms with Gasteiger partial charge in [0.2, 0.25) is 0 Å². The van der Waals surface area contributed by atoms with E-state index in [1.54, 1.807) is 36.4 Å². The predicted molar refractivity (Wildman–Crippen MR) is 145 cm³/mol. The first kappa shape index (κ1) is 28.1. The van der Waals surface area contributed by atoms with Gasteiger partial charge in [0.1, 0.15) is 23.9 Å². The number of benzene rings is 3. The second-order valence-electron chi connectivity index (χ2n) is 8.01.